The summed E-state index contributed by atoms with van der Waals surface area (Å²) in [4.78, 5) is 1.45. The topological polar surface area (TPSA) is 12.0 Å². The van der Waals surface area contributed by atoms with E-state index in [4.69, 9.17) is 0 Å². The predicted octanol–water partition coefficient (Wildman–Crippen LogP) is 5.05. The Morgan fingerprint density at radius 2 is 2.12 bits per heavy atom. The minimum atomic E-state index is 0.446. The van der Waals surface area contributed by atoms with E-state index in [0.717, 1.165) is 6.54 Å². The first-order chi connectivity index (χ1) is 8.07. The summed E-state index contributed by atoms with van der Waals surface area (Å²) in [5.41, 5.74) is 1.95. The SMILES string of the molecule is CCNC(c1cc(Br)sc1C)C1(C)CCCC1. The van der Waals surface area contributed by atoms with Gasteiger partial charge in [-0.25, -0.2) is 0 Å². The summed E-state index contributed by atoms with van der Waals surface area (Å²) in [6.07, 6.45) is 5.50. The fourth-order valence-corrected chi connectivity index (χ4v) is 4.90. The van der Waals surface area contributed by atoms with Crippen molar-refractivity contribution >= 4 is 27.3 Å². The summed E-state index contributed by atoms with van der Waals surface area (Å²) in [7, 11) is 0. The lowest BCUT2D eigenvalue weighted by Gasteiger charge is -2.35. The molecule has 1 N–H and O–H groups in total. The van der Waals surface area contributed by atoms with Gasteiger partial charge in [0.15, 0.2) is 0 Å². The average Bonchev–Trinajstić information content (AvgIpc) is 2.83. The van der Waals surface area contributed by atoms with Gasteiger partial charge in [0.2, 0.25) is 0 Å². The largest absolute Gasteiger partial charge is 0.310 e. The number of thiophene rings is 1. The maximum absolute atomic E-state index is 3.72. The molecule has 1 aliphatic carbocycles. The Hall–Kier alpha value is 0.140. The summed E-state index contributed by atoms with van der Waals surface area (Å²) in [5.74, 6) is 0. The second-order valence-corrected chi connectivity index (χ2v) is 8.05. The molecule has 0 aromatic carbocycles. The Bertz CT molecular complexity index is 380. The van der Waals surface area contributed by atoms with Crippen molar-refractivity contribution in [3.05, 3.63) is 20.3 Å². The van der Waals surface area contributed by atoms with Crippen molar-refractivity contribution in [1.29, 1.82) is 0 Å². The van der Waals surface area contributed by atoms with Crippen LogP contribution in [0.4, 0.5) is 0 Å². The third-order valence-corrected chi connectivity index (χ3v) is 5.66. The smallest absolute Gasteiger partial charge is 0.0704 e. The molecule has 1 unspecified atom stereocenters. The van der Waals surface area contributed by atoms with Crippen LogP contribution in [-0.2, 0) is 0 Å². The normalized spacial score (nSPS) is 20.7. The van der Waals surface area contributed by atoms with E-state index in [1.54, 1.807) is 0 Å². The highest BCUT2D eigenvalue weighted by Gasteiger charge is 2.38. The highest BCUT2D eigenvalue weighted by molar-refractivity contribution is 9.11. The van der Waals surface area contributed by atoms with E-state index in [2.05, 4.69) is 48.1 Å². The van der Waals surface area contributed by atoms with E-state index < -0.39 is 0 Å². The molecule has 0 spiro atoms. The minimum absolute atomic E-state index is 0.446. The molecule has 0 radical (unpaired) electrons. The fourth-order valence-electron chi connectivity index (χ4n) is 3.15. The van der Waals surface area contributed by atoms with Gasteiger partial charge in [-0.3, -0.25) is 0 Å². The second kappa shape index (κ2) is 5.41. The van der Waals surface area contributed by atoms with Crippen molar-refractivity contribution < 1.29 is 0 Å². The number of hydrogen-bond acceptors (Lipinski definition) is 2. The van der Waals surface area contributed by atoms with Gasteiger partial charge in [0.05, 0.1) is 3.79 Å². The standard InChI is InChI=1S/C14H22BrNS/c1-4-16-13(14(3)7-5-6-8-14)11-9-12(15)17-10(11)2/h9,13,16H,4-8H2,1-3H3. The Kier molecular flexibility index (Phi) is 4.32. The van der Waals surface area contributed by atoms with Crippen molar-refractivity contribution in [2.24, 2.45) is 5.41 Å². The summed E-state index contributed by atoms with van der Waals surface area (Å²) in [5, 5.41) is 3.72. The molecule has 2 rings (SSSR count). The quantitative estimate of drug-likeness (QED) is 0.819. The molecule has 17 heavy (non-hydrogen) atoms. The average molecular weight is 316 g/mol. The fraction of sp³-hybridized carbons (Fsp3) is 0.714. The minimum Gasteiger partial charge on any atom is -0.310 e. The first-order valence-electron chi connectivity index (χ1n) is 6.56. The van der Waals surface area contributed by atoms with Gasteiger partial charge in [-0.15, -0.1) is 11.3 Å². The van der Waals surface area contributed by atoms with Gasteiger partial charge in [0, 0.05) is 10.9 Å². The Morgan fingerprint density at radius 1 is 1.47 bits per heavy atom. The lowest BCUT2D eigenvalue weighted by Crippen LogP contribution is -2.34. The molecule has 1 nitrogen and oxygen atoms in total. The van der Waals surface area contributed by atoms with Crippen molar-refractivity contribution in [3.8, 4) is 0 Å². The predicted molar refractivity (Wildman–Crippen MR) is 79.7 cm³/mol. The van der Waals surface area contributed by atoms with E-state index >= 15 is 0 Å². The lowest BCUT2D eigenvalue weighted by atomic mass is 9.77. The summed E-state index contributed by atoms with van der Waals surface area (Å²) < 4.78 is 1.26. The van der Waals surface area contributed by atoms with Gasteiger partial charge in [-0.2, -0.15) is 0 Å². The molecular weight excluding hydrogens is 294 g/mol. The molecule has 0 saturated heterocycles. The molecule has 1 heterocycles. The lowest BCUT2D eigenvalue weighted by molar-refractivity contribution is 0.226. The Morgan fingerprint density at radius 3 is 2.59 bits per heavy atom. The van der Waals surface area contributed by atoms with Gasteiger partial charge in [-0.1, -0.05) is 26.7 Å². The number of hydrogen-bond donors (Lipinski definition) is 1. The van der Waals surface area contributed by atoms with E-state index in [1.165, 1.54) is 39.9 Å². The van der Waals surface area contributed by atoms with Crippen LogP contribution in [0.3, 0.4) is 0 Å². The number of rotatable bonds is 4. The Balaban J connectivity index is 2.31. The molecule has 0 bridgehead atoms. The molecule has 0 aliphatic heterocycles. The highest BCUT2D eigenvalue weighted by atomic mass is 79.9. The van der Waals surface area contributed by atoms with E-state index in [0.29, 0.717) is 11.5 Å². The number of aryl methyl sites for hydroxylation is 1. The molecular formula is C14H22BrNS. The zero-order valence-corrected chi connectivity index (χ0v) is 13.4. The molecule has 96 valence electrons. The maximum atomic E-state index is 3.72. The van der Waals surface area contributed by atoms with Gasteiger partial charge >= 0.3 is 0 Å². The highest BCUT2D eigenvalue weighted by Crippen LogP contribution is 2.49. The van der Waals surface area contributed by atoms with Gasteiger partial charge < -0.3 is 5.32 Å². The molecule has 1 saturated carbocycles. The van der Waals surface area contributed by atoms with E-state index in [9.17, 15) is 0 Å². The van der Waals surface area contributed by atoms with Crippen molar-refractivity contribution in [2.45, 2.75) is 52.5 Å². The van der Waals surface area contributed by atoms with Crippen LogP contribution in [0.1, 0.15) is 56.0 Å². The molecule has 0 amide bonds. The molecule has 3 heteroatoms. The van der Waals surface area contributed by atoms with Crippen LogP contribution in [0.15, 0.2) is 9.85 Å². The van der Waals surface area contributed by atoms with Gasteiger partial charge in [-0.05, 0) is 59.3 Å². The number of nitrogens with one attached hydrogen (secondary N) is 1. The van der Waals surface area contributed by atoms with Crippen molar-refractivity contribution in [2.75, 3.05) is 6.54 Å². The third kappa shape index (κ3) is 2.77. The van der Waals surface area contributed by atoms with Crippen molar-refractivity contribution in [3.63, 3.8) is 0 Å². The zero-order valence-electron chi connectivity index (χ0n) is 11.0. The monoisotopic (exact) mass is 315 g/mol. The number of halogens is 1. The van der Waals surface area contributed by atoms with Crippen LogP contribution in [0.25, 0.3) is 0 Å². The maximum Gasteiger partial charge on any atom is 0.0704 e. The van der Waals surface area contributed by atoms with Crippen LogP contribution < -0.4 is 5.32 Å². The summed E-state index contributed by atoms with van der Waals surface area (Å²) >= 11 is 5.48. The molecule has 1 fully saturated rings. The first kappa shape index (κ1) is 13.6. The summed E-state index contributed by atoms with van der Waals surface area (Å²) in [6.45, 7) is 7.96. The first-order valence-corrected chi connectivity index (χ1v) is 8.17. The molecule has 1 aromatic rings. The second-order valence-electron chi connectivity index (χ2n) is 5.41. The van der Waals surface area contributed by atoms with Gasteiger partial charge in [0.1, 0.15) is 0 Å². The Labute approximate surface area is 117 Å². The van der Waals surface area contributed by atoms with E-state index in [-0.39, 0.29) is 0 Å². The van der Waals surface area contributed by atoms with Crippen LogP contribution in [-0.4, -0.2) is 6.54 Å². The van der Waals surface area contributed by atoms with Gasteiger partial charge in [0.25, 0.3) is 0 Å². The summed E-state index contributed by atoms with van der Waals surface area (Å²) in [6, 6.07) is 2.84. The van der Waals surface area contributed by atoms with E-state index in [1.807, 2.05) is 11.3 Å². The van der Waals surface area contributed by atoms with Crippen molar-refractivity contribution in [1.82, 2.24) is 5.32 Å². The molecule has 1 aromatic heterocycles. The van der Waals surface area contributed by atoms with Crippen LogP contribution in [0, 0.1) is 12.3 Å². The molecule has 1 aliphatic rings. The third-order valence-electron chi connectivity index (χ3n) is 4.09. The van der Waals surface area contributed by atoms with Crippen LogP contribution >= 0.6 is 27.3 Å². The molecule has 1 atom stereocenters. The zero-order chi connectivity index (χ0) is 12.5. The van der Waals surface area contributed by atoms with Crippen LogP contribution in [0.5, 0.6) is 0 Å². The van der Waals surface area contributed by atoms with Crippen LogP contribution in [0.2, 0.25) is 0 Å².